The number of aromatic nitrogens is 2. The van der Waals surface area contributed by atoms with Crippen LogP contribution < -0.4 is 5.56 Å². The zero-order valence-electron chi connectivity index (χ0n) is 11.1. The van der Waals surface area contributed by atoms with Crippen molar-refractivity contribution in [3.05, 3.63) is 74.3 Å². The fourth-order valence-electron chi connectivity index (χ4n) is 2.02. The van der Waals surface area contributed by atoms with Gasteiger partial charge in [-0.05, 0) is 35.9 Å². The summed E-state index contributed by atoms with van der Waals surface area (Å²) < 4.78 is 0. The number of rotatable bonds is 2. The summed E-state index contributed by atoms with van der Waals surface area (Å²) in [4.78, 5) is 19.1. The zero-order valence-corrected chi connectivity index (χ0v) is 13.4. The lowest BCUT2D eigenvalue weighted by molar-refractivity contribution is 1.14. The van der Waals surface area contributed by atoms with Crippen LogP contribution in [0.4, 0.5) is 0 Å². The molecule has 0 aliphatic rings. The lowest BCUT2D eigenvalue weighted by atomic mass is 10.2. The van der Waals surface area contributed by atoms with Gasteiger partial charge in [0.25, 0.3) is 5.56 Å². The van der Waals surface area contributed by atoms with E-state index in [0.717, 1.165) is 5.56 Å². The first-order valence-electron chi connectivity index (χ1n) is 6.36. The molecule has 22 heavy (non-hydrogen) atoms. The highest BCUT2D eigenvalue weighted by atomic mass is 35.5. The SMILES string of the molecule is O=c1[nH]c(/C(Cl)=C\c2ccccc2Cl)nc2ccc(Cl)cc12. The normalized spacial score (nSPS) is 11.9. The third-order valence-corrected chi connectivity index (χ3v) is 3.95. The van der Waals surface area contributed by atoms with Gasteiger partial charge in [0.2, 0.25) is 0 Å². The maximum absolute atomic E-state index is 12.1. The van der Waals surface area contributed by atoms with Crippen molar-refractivity contribution in [2.75, 3.05) is 0 Å². The summed E-state index contributed by atoms with van der Waals surface area (Å²) in [6.45, 7) is 0. The van der Waals surface area contributed by atoms with Gasteiger partial charge in [-0.25, -0.2) is 4.98 Å². The quantitative estimate of drug-likeness (QED) is 0.708. The standard InChI is InChI=1S/C16H9Cl3N2O/c17-10-5-6-14-11(8-10)16(22)21-15(20-14)13(19)7-9-3-1-2-4-12(9)18/h1-8H,(H,20,21,22)/b13-7+. The van der Waals surface area contributed by atoms with Gasteiger partial charge in [0.1, 0.15) is 0 Å². The highest BCUT2D eigenvalue weighted by Crippen LogP contribution is 2.24. The van der Waals surface area contributed by atoms with Crippen molar-refractivity contribution in [2.45, 2.75) is 0 Å². The molecule has 2 aromatic carbocycles. The molecule has 0 atom stereocenters. The van der Waals surface area contributed by atoms with E-state index in [2.05, 4.69) is 9.97 Å². The van der Waals surface area contributed by atoms with E-state index in [1.165, 1.54) is 0 Å². The minimum absolute atomic E-state index is 0.279. The molecule has 0 saturated heterocycles. The Morgan fingerprint density at radius 2 is 1.91 bits per heavy atom. The monoisotopic (exact) mass is 350 g/mol. The van der Waals surface area contributed by atoms with Crippen LogP contribution in [-0.2, 0) is 0 Å². The molecule has 3 aromatic rings. The molecule has 3 nitrogen and oxygen atoms in total. The van der Waals surface area contributed by atoms with Gasteiger partial charge in [-0.1, -0.05) is 53.0 Å². The van der Waals surface area contributed by atoms with Gasteiger partial charge in [-0.2, -0.15) is 0 Å². The number of fused-ring (bicyclic) bond motifs is 1. The van der Waals surface area contributed by atoms with Crippen LogP contribution in [0.5, 0.6) is 0 Å². The van der Waals surface area contributed by atoms with Crippen LogP contribution in [0.2, 0.25) is 10.0 Å². The van der Waals surface area contributed by atoms with E-state index < -0.39 is 0 Å². The van der Waals surface area contributed by atoms with Crippen molar-refractivity contribution in [3.8, 4) is 0 Å². The summed E-state index contributed by atoms with van der Waals surface area (Å²) in [5.41, 5.74) is 0.968. The van der Waals surface area contributed by atoms with Crippen molar-refractivity contribution in [2.24, 2.45) is 0 Å². The minimum Gasteiger partial charge on any atom is -0.305 e. The van der Waals surface area contributed by atoms with Gasteiger partial charge in [0, 0.05) is 10.0 Å². The smallest absolute Gasteiger partial charge is 0.259 e. The Bertz CT molecular complexity index is 948. The molecule has 0 saturated carbocycles. The molecule has 0 unspecified atom stereocenters. The summed E-state index contributed by atoms with van der Waals surface area (Å²) in [5, 5.41) is 1.75. The molecule has 0 amide bonds. The molecular formula is C16H9Cl3N2O. The summed E-state index contributed by atoms with van der Waals surface area (Å²) in [6.07, 6.45) is 1.66. The highest BCUT2D eigenvalue weighted by Gasteiger charge is 2.08. The third-order valence-electron chi connectivity index (χ3n) is 3.08. The molecule has 1 aromatic heterocycles. The second kappa shape index (κ2) is 6.13. The summed E-state index contributed by atoms with van der Waals surface area (Å²) in [6, 6.07) is 12.2. The Balaban J connectivity index is 2.12. The van der Waals surface area contributed by atoms with Crippen molar-refractivity contribution < 1.29 is 0 Å². The molecule has 0 aliphatic carbocycles. The number of benzene rings is 2. The Morgan fingerprint density at radius 3 is 2.68 bits per heavy atom. The predicted octanol–water partition coefficient (Wildman–Crippen LogP) is 4.97. The molecule has 0 fully saturated rings. The van der Waals surface area contributed by atoms with Crippen LogP contribution in [-0.4, -0.2) is 9.97 Å². The first-order chi connectivity index (χ1) is 10.5. The molecule has 110 valence electrons. The molecule has 0 radical (unpaired) electrons. The van der Waals surface area contributed by atoms with E-state index in [0.29, 0.717) is 26.0 Å². The number of halogens is 3. The van der Waals surface area contributed by atoms with Crippen LogP contribution in [0.25, 0.3) is 22.0 Å². The van der Waals surface area contributed by atoms with E-state index in [1.54, 1.807) is 30.3 Å². The van der Waals surface area contributed by atoms with Crippen LogP contribution in [0.15, 0.2) is 47.3 Å². The predicted molar refractivity (Wildman–Crippen MR) is 92.5 cm³/mol. The fraction of sp³-hybridized carbons (Fsp3) is 0. The largest absolute Gasteiger partial charge is 0.305 e. The summed E-state index contributed by atoms with van der Waals surface area (Å²) in [7, 11) is 0. The number of hydrogen-bond donors (Lipinski definition) is 1. The Morgan fingerprint density at radius 1 is 1.14 bits per heavy atom. The Hall–Kier alpha value is -1.81. The average molecular weight is 352 g/mol. The van der Waals surface area contributed by atoms with Gasteiger partial charge in [-0.3, -0.25) is 4.79 Å². The van der Waals surface area contributed by atoms with Crippen LogP contribution in [0.3, 0.4) is 0 Å². The van der Waals surface area contributed by atoms with Crippen molar-refractivity contribution in [1.29, 1.82) is 0 Å². The van der Waals surface area contributed by atoms with E-state index in [-0.39, 0.29) is 11.4 Å². The Kier molecular flexibility index (Phi) is 4.21. The molecule has 1 heterocycles. The number of H-pyrrole nitrogens is 1. The first kappa shape index (κ1) is 15.1. The van der Waals surface area contributed by atoms with Crippen LogP contribution in [0, 0.1) is 0 Å². The molecule has 6 heteroatoms. The topological polar surface area (TPSA) is 45.8 Å². The summed E-state index contributed by atoms with van der Waals surface area (Å²) in [5.74, 6) is 0.279. The van der Waals surface area contributed by atoms with Gasteiger partial charge in [0.15, 0.2) is 5.82 Å². The maximum Gasteiger partial charge on any atom is 0.259 e. The van der Waals surface area contributed by atoms with E-state index >= 15 is 0 Å². The summed E-state index contributed by atoms with van der Waals surface area (Å²) >= 11 is 18.2. The van der Waals surface area contributed by atoms with E-state index in [1.807, 2.05) is 18.2 Å². The molecule has 1 N–H and O–H groups in total. The number of nitrogens with one attached hydrogen (secondary N) is 1. The molecule has 0 bridgehead atoms. The second-order valence-electron chi connectivity index (χ2n) is 4.59. The van der Waals surface area contributed by atoms with Crippen LogP contribution >= 0.6 is 34.8 Å². The average Bonchev–Trinajstić information content (AvgIpc) is 2.50. The first-order valence-corrected chi connectivity index (χ1v) is 7.49. The lowest BCUT2D eigenvalue weighted by Gasteiger charge is -2.03. The molecule has 0 spiro atoms. The van der Waals surface area contributed by atoms with E-state index in [9.17, 15) is 4.79 Å². The Labute approximate surface area is 141 Å². The van der Waals surface area contributed by atoms with Crippen LogP contribution in [0.1, 0.15) is 11.4 Å². The second-order valence-corrected chi connectivity index (χ2v) is 5.84. The fourth-order valence-corrected chi connectivity index (χ4v) is 2.59. The molecule has 3 rings (SSSR count). The van der Waals surface area contributed by atoms with Gasteiger partial charge in [0.05, 0.1) is 15.9 Å². The van der Waals surface area contributed by atoms with E-state index in [4.69, 9.17) is 34.8 Å². The minimum atomic E-state index is -0.298. The van der Waals surface area contributed by atoms with Gasteiger partial charge < -0.3 is 4.98 Å². The van der Waals surface area contributed by atoms with Crippen molar-refractivity contribution in [3.63, 3.8) is 0 Å². The van der Waals surface area contributed by atoms with Gasteiger partial charge in [-0.15, -0.1) is 0 Å². The van der Waals surface area contributed by atoms with Gasteiger partial charge >= 0.3 is 0 Å². The number of aromatic amines is 1. The number of hydrogen-bond acceptors (Lipinski definition) is 2. The molecule has 0 aliphatic heterocycles. The molecular weight excluding hydrogens is 343 g/mol. The third kappa shape index (κ3) is 3.02. The zero-order chi connectivity index (χ0) is 15.7. The maximum atomic E-state index is 12.1. The highest BCUT2D eigenvalue weighted by molar-refractivity contribution is 6.51. The van der Waals surface area contributed by atoms with Crippen molar-refractivity contribution in [1.82, 2.24) is 9.97 Å². The van der Waals surface area contributed by atoms with Crippen molar-refractivity contribution >= 4 is 56.8 Å². The number of nitrogens with zero attached hydrogens (tertiary/aromatic N) is 1. The lowest BCUT2D eigenvalue weighted by Crippen LogP contribution is -2.10.